The SMILES string of the molecule is CCNC(=NCc1ccc(C(=O)OC)cc1)NCC(C)(C)OC.I. The molecule has 6 nitrogen and oxygen atoms in total. The molecule has 0 radical (unpaired) electrons. The molecule has 0 unspecified atom stereocenters. The summed E-state index contributed by atoms with van der Waals surface area (Å²) in [5.41, 5.74) is 1.28. The van der Waals surface area contributed by atoms with Crippen LogP contribution in [-0.4, -0.2) is 44.8 Å². The van der Waals surface area contributed by atoms with Gasteiger partial charge in [-0.15, -0.1) is 24.0 Å². The molecule has 2 N–H and O–H groups in total. The summed E-state index contributed by atoms with van der Waals surface area (Å²) >= 11 is 0. The highest BCUT2D eigenvalue weighted by atomic mass is 127. The topological polar surface area (TPSA) is 72.0 Å². The van der Waals surface area contributed by atoms with Crippen molar-refractivity contribution in [1.29, 1.82) is 0 Å². The maximum atomic E-state index is 11.4. The van der Waals surface area contributed by atoms with Gasteiger partial charge < -0.3 is 20.1 Å². The summed E-state index contributed by atoms with van der Waals surface area (Å²) in [6.45, 7) is 7.98. The Labute approximate surface area is 161 Å². The van der Waals surface area contributed by atoms with Gasteiger partial charge in [0.15, 0.2) is 5.96 Å². The van der Waals surface area contributed by atoms with Crippen molar-refractivity contribution in [2.75, 3.05) is 27.3 Å². The molecule has 0 amide bonds. The van der Waals surface area contributed by atoms with E-state index in [4.69, 9.17) is 4.74 Å². The first-order chi connectivity index (χ1) is 10.9. The van der Waals surface area contributed by atoms with Crippen LogP contribution in [0.4, 0.5) is 0 Å². The van der Waals surface area contributed by atoms with Crippen molar-refractivity contribution >= 4 is 35.9 Å². The number of methoxy groups -OCH3 is 2. The Morgan fingerprint density at radius 3 is 2.29 bits per heavy atom. The standard InChI is InChI=1S/C17H27N3O3.HI/c1-6-18-16(20-12-17(2,3)23-5)19-11-13-7-9-14(10-8-13)15(21)22-4;/h7-10H,6,11-12H2,1-5H3,(H2,18,19,20);1H. The second-order valence-electron chi connectivity index (χ2n) is 5.70. The lowest BCUT2D eigenvalue weighted by Gasteiger charge is -2.24. The Kier molecular flexibility index (Phi) is 10.6. The van der Waals surface area contributed by atoms with Gasteiger partial charge in [0.05, 0.1) is 24.8 Å². The average molecular weight is 449 g/mol. The largest absolute Gasteiger partial charge is 0.465 e. The number of aliphatic imine (C=N–C) groups is 1. The third-order valence-corrected chi connectivity index (χ3v) is 3.37. The van der Waals surface area contributed by atoms with Crippen molar-refractivity contribution in [2.45, 2.75) is 32.9 Å². The predicted molar refractivity (Wildman–Crippen MR) is 107 cm³/mol. The molecule has 0 aliphatic heterocycles. The summed E-state index contributed by atoms with van der Waals surface area (Å²) in [5, 5.41) is 6.46. The van der Waals surface area contributed by atoms with Crippen LogP contribution < -0.4 is 10.6 Å². The summed E-state index contributed by atoms with van der Waals surface area (Å²) in [6.07, 6.45) is 0. The van der Waals surface area contributed by atoms with Gasteiger partial charge in [-0.25, -0.2) is 9.79 Å². The van der Waals surface area contributed by atoms with Crippen LogP contribution in [0, 0.1) is 0 Å². The second kappa shape index (κ2) is 11.2. The fraction of sp³-hybridized carbons (Fsp3) is 0.529. The van der Waals surface area contributed by atoms with E-state index in [0.717, 1.165) is 18.1 Å². The van der Waals surface area contributed by atoms with Gasteiger partial charge >= 0.3 is 5.97 Å². The normalized spacial score (nSPS) is 11.5. The molecule has 136 valence electrons. The number of carbonyl (C=O) groups excluding carboxylic acids is 1. The zero-order chi connectivity index (χ0) is 17.3. The van der Waals surface area contributed by atoms with Crippen molar-refractivity contribution < 1.29 is 14.3 Å². The Balaban J connectivity index is 0.00000529. The number of hydrogen-bond donors (Lipinski definition) is 2. The van der Waals surface area contributed by atoms with Gasteiger partial charge in [0.25, 0.3) is 0 Å². The fourth-order valence-corrected chi connectivity index (χ4v) is 1.74. The molecule has 0 aliphatic carbocycles. The monoisotopic (exact) mass is 449 g/mol. The molecule has 0 bridgehead atoms. The van der Waals surface area contributed by atoms with Crippen LogP contribution in [0.5, 0.6) is 0 Å². The van der Waals surface area contributed by atoms with Gasteiger partial charge in [0.1, 0.15) is 0 Å². The predicted octanol–water partition coefficient (Wildman–Crippen LogP) is 2.57. The number of guanidine groups is 1. The van der Waals surface area contributed by atoms with Gasteiger partial charge in [-0.1, -0.05) is 12.1 Å². The van der Waals surface area contributed by atoms with Crippen LogP contribution >= 0.6 is 24.0 Å². The van der Waals surface area contributed by atoms with Crippen LogP contribution in [0.25, 0.3) is 0 Å². The lowest BCUT2D eigenvalue weighted by molar-refractivity contribution is 0.0268. The number of halogens is 1. The molecular weight excluding hydrogens is 421 g/mol. The molecule has 0 heterocycles. The molecule has 0 aromatic heterocycles. The number of carbonyl (C=O) groups is 1. The summed E-state index contributed by atoms with van der Waals surface area (Å²) in [7, 11) is 3.06. The van der Waals surface area contributed by atoms with Crippen molar-refractivity contribution in [3.63, 3.8) is 0 Å². The molecule has 0 saturated heterocycles. The molecule has 24 heavy (non-hydrogen) atoms. The zero-order valence-electron chi connectivity index (χ0n) is 15.0. The highest BCUT2D eigenvalue weighted by Gasteiger charge is 2.16. The average Bonchev–Trinajstić information content (AvgIpc) is 2.57. The summed E-state index contributed by atoms with van der Waals surface area (Å²) in [5.74, 6) is 0.395. The van der Waals surface area contributed by atoms with Crippen molar-refractivity contribution in [2.24, 2.45) is 4.99 Å². The number of hydrogen-bond acceptors (Lipinski definition) is 4. The molecule has 1 rings (SSSR count). The van der Waals surface area contributed by atoms with Gasteiger partial charge in [-0.3, -0.25) is 0 Å². The molecule has 1 aromatic rings. The van der Waals surface area contributed by atoms with Gasteiger partial charge in [-0.2, -0.15) is 0 Å². The van der Waals surface area contributed by atoms with Crippen molar-refractivity contribution in [3.05, 3.63) is 35.4 Å². The number of nitrogens with one attached hydrogen (secondary N) is 2. The molecule has 7 heteroatoms. The molecule has 1 aromatic carbocycles. The Hall–Kier alpha value is -1.35. The Morgan fingerprint density at radius 2 is 1.79 bits per heavy atom. The minimum Gasteiger partial charge on any atom is -0.465 e. The summed E-state index contributed by atoms with van der Waals surface area (Å²) < 4.78 is 10.1. The first-order valence-electron chi connectivity index (χ1n) is 7.66. The second-order valence-corrected chi connectivity index (χ2v) is 5.70. The van der Waals surface area contributed by atoms with E-state index in [0.29, 0.717) is 18.7 Å². The Bertz CT molecular complexity index is 530. The third-order valence-electron chi connectivity index (χ3n) is 3.37. The van der Waals surface area contributed by atoms with Gasteiger partial charge in [-0.05, 0) is 38.5 Å². The third kappa shape index (κ3) is 7.96. The van der Waals surface area contributed by atoms with Crippen molar-refractivity contribution in [1.82, 2.24) is 10.6 Å². The van der Waals surface area contributed by atoms with E-state index in [1.165, 1.54) is 7.11 Å². The van der Waals surface area contributed by atoms with Crippen LogP contribution in [0.3, 0.4) is 0 Å². The number of benzene rings is 1. The lowest BCUT2D eigenvalue weighted by atomic mass is 10.1. The van der Waals surface area contributed by atoms with E-state index in [1.807, 2.05) is 32.9 Å². The molecular formula is C17H28IN3O3. The number of nitrogens with zero attached hydrogens (tertiary/aromatic N) is 1. The highest BCUT2D eigenvalue weighted by molar-refractivity contribution is 14.0. The van der Waals surface area contributed by atoms with E-state index < -0.39 is 0 Å². The lowest BCUT2D eigenvalue weighted by Crippen LogP contribution is -2.45. The molecule has 0 fully saturated rings. The van der Waals surface area contributed by atoms with Crippen molar-refractivity contribution in [3.8, 4) is 0 Å². The molecule has 0 saturated carbocycles. The molecule has 0 spiro atoms. The highest BCUT2D eigenvalue weighted by Crippen LogP contribution is 2.07. The van der Waals surface area contributed by atoms with E-state index in [2.05, 4.69) is 20.4 Å². The number of ether oxygens (including phenoxy) is 2. The maximum absolute atomic E-state index is 11.4. The summed E-state index contributed by atoms with van der Waals surface area (Å²) in [4.78, 5) is 15.9. The molecule has 0 aliphatic rings. The van der Waals surface area contributed by atoms with E-state index in [9.17, 15) is 4.79 Å². The van der Waals surface area contributed by atoms with Gasteiger partial charge in [0.2, 0.25) is 0 Å². The maximum Gasteiger partial charge on any atom is 0.337 e. The Morgan fingerprint density at radius 1 is 1.17 bits per heavy atom. The van der Waals surface area contributed by atoms with Crippen LogP contribution in [0.15, 0.2) is 29.3 Å². The smallest absolute Gasteiger partial charge is 0.337 e. The molecule has 0 atom stereocenters. The number of esters is 1. The van der Waals surface area contributed by atoms with Gasteiger partial charge in [0, 0.05) is 20.2 Å². The fourth-order valence-electron chi connectivity index (χ4n) is 1.74. The minimum atomic E-state index is -0.336. The van der Waals surface area contributed by atoms with E-state index >= 15 is 0 Å². The summed E-state index contributed by atoms with van der Waals surface area (Å²) in [6, 6.07) is 7.23. The van der Waals surface area contributed by atoms with E-state index in [-0.39, 0.29) is 35.5 Å². The first kappa shape index (κ1) is 22.6. The quantitative estimate of drug-likeness (QED) is 0.290. The van der Waals surface area contributed by atoms with E-state index in [1.54, 1.807) is 19.2 Å². The minimum absolute atomic E-state index is 0. The van der Waals surface area contributed by atoms with Crippen LogP contribution in [-0.2, 0) is 16.0 Å². The first-order valence-corrected chi connectivity index (χ1v) is 7.66. The number of rotatable bonds is 7. The zero-order valence-corrected chi connectivity index (χ0v) is 17.3. The van der Waals surface area contributed by atoms with Crippen LogP contribution in [0.1, 0.15) is 36.7 Å². The van der Waals surface area contributed by atoms with Crippen LogP contribution in [0.2, 0.25) is 0 Å².